The molecular formula is C19H15N3O2S2. The first kappa shape index (κ1) is 16.8. The van der Waals surface area contributed by atoms with Crippen molar-refractivity contribution in [3.05, 3.63) is 58.2 Å². The molecule has 26 heavy (non-hydrogen) atoms. The summed E-state index contributed by atoms with van der Waals surface area (Å²) >= 11 is 2.77. The molecule has 0 bridgehead atoms. The Bertz CT molecular complexity index is 1180. The lowest BCUT2D eigenvalue weighted by Crippen LogP contribution is -2.12. The van der Waals surface area contributed by atoms with E-state index < -0.39 is 0 Å². The van der Waals surface area contributed by atoms with E-state index in [-0.39, 0.29) is 17.9 Å². The van der Waals surface area contributed by atoms with Crippen LogP contribution in [-0.4, -0.2) is 21.6 Å². The van der Waals surface area contributed by atoms with Crippen molar-refractivity contribution in [1.29, 1.82) is 0 Å². The molecule has 0 radical (unpaired) electrons. The van der Waals surface area contributed by atoms with Gasteiger partial charge in [-0.25, -0.2) is 4.98 Å². The van der Waals surface area contributed by atoms with Crippen molar-refractivity contribution in [3.63, 3.8) is 0 Å². The third kappa shape index (κ3) is 3.23. The Kier molecular flexibility index (Phi) is 4.48. The fourth-order valence-electron chi connectivity index (χ4n) is 2.82. The van der Waals surface area contributed by atoms with Crippen LogP contribution < -0.4 is 11.3 Å². The molecule has 0 atom stereocenters. The van der Waals surface area contributed by atoms with Crippen LogP contribution in [0, 0.1) is 0 Å². The van der Waals surface area contributed by atoms with Gasteiger partial charge < -0.3 is 10.7 Å². The molecule has 0 saturated carbocycles. The Morgan fingerprint density at radius 2 is 2.00 bits per heavy atom. The standard InChI is InChI=1S/C19H15N3O2S2/c20-15(23)7-8-25-19-21-17(24)16-14(10-26-18(16)22-19)13-6-5-11-3-1-2-4-12(11)9-13/h1-6,9-10H,7-8H2,(H2,20,23)(H,21,22,24). The van der Waals surface area contributed by atoms with Crippen molar-refractivity contribution in [1.82, 2.24) is 9.97 Å². The number of aromatic nitrogens is 2. The van der Waals surface area contributed by atoms with E-state index in [0.29, 0.717) is 21.1 Å². The van der Waals surface area contributed by atoms with E-state index in [2.05, 4.69) is 34.2 Å². The van der Waals surface area contributed by atoms with E-state index in [1.807, 2.05) is 23.6 Å². The summed E-state index contributed by atoms with van der Waals surface area (Å²) in [6.45, 7) is 0. The number of primary amides is 1. The number of benzene rings is 2. The second-order valence-electron chi connectivity index (χ2n) is 5.83. The molecule has 3 N–H and O–H groups in total. The summed E-state index contributed by atoms with van der Waals surface area (Å²) in [5, 5.41) is 5.37. The van der Waals surface area contributed by atoms with Gasteiger partial charge in [-0.2, -0.15) is 0 Å². The molecule has 0 aliphatic carbocycles. The maximum atomic E-state index is 12.6. The van der Waals surface area contributed by atoms with Crippen LogP contribution in [0.25, 0.3) is 32.1 Å². The quantitative estimate of drug-likeness (QED) is 0.407. The molecule has 1 amide bonds. The molecule has 130 valence electrons. The van der Waals surface area contributed by atoms with Crippen molar-refractivity contribution in [2.75, 3.05) is 5.75 Å². The summed E-state index contributed by atoms with van der Waals surface area (Å²) in [5.41, 5.74) is 6.86. The highest BCUT2D eigenvalue weighted by Crippen LogP contribution is 2.33. The number of hydrogen-bond donors (Lipinski definition) is 2. The van der Waals surface area contributed by atoms with E-state index in [1.165, 1.54) is 23.1 Å². The number of nitrogens with two attached hydrogens (primary N) is 1. The van der Waals surface area contributed by atoms with Gasteiger partial charge in [0.2, 0.25) is 5.91 Å². The lowest BCUT2D eigenvalue weighted by atomic mass is 10.0. The van der Waals surface area contributed by atoms with E-state index in [1.54, 1.807) is 0 Å². The Hall–Kier alpha value is -2.64. The average molecular weight is 381 g/mol. The topological polar surface area (TPSA) is 88.8 Å². The molecule has 0 fully saturated rings. The number of nitrogens with zero attached hydrogens (tertiary/aromatic N) is 1. The second kappa shape index (κ2) is 6.93. The van der Waals surface area contributed by atoms with Crippen LogP contribution in [-0.2, 0) is 4.79 Å². The minimum atomic E-state index is -0.365. The summed E-state index contributed by atoms with van der Waals surface area (Å²) in [6, 6.07) is 14.3. The Balaban J connectivity index is 1.74. The monoisotopic (exact) mass is 381 g/mol. The van der Waals surface area contributed by atoms with E-state index in [4.69, 9.17) is 5.73 Å². The number of carbonyl (C=O) groups excluding carboxylic acids is 1. The fraction of sp³-hybridized carbons (Fsp3) is 0.105. The Morgan fingerprint density at radius 1 is 1.19 bits per heavy atom. The van der Waals surface area contributed by atoms with Crippen LogP contribution in [0.15, 0.2) is 57.8 Å². The number of thiophene rings is 1. The van der Waals surface area contributed by atoms with Crippen LogP contribution in [0.4, 0.5) is 0 Å². The predicted molar refractivity (Wildman–Crippen MR) is 108 cm³/mol. The number of nitrogens with one attached hydrogen (secondary N) is 1. The summed E-state index contributed by atoms with van der Waals surface area (Å²) < 4.78 is 0. The largest absolute Gasteiger partial charge is 0.370 e. The van der Waals surface area contributed by atoms with Gasteiger partial charge in [0.1, 0.15) is 4.83 Å². The molecule has 0 aliphatic rings. The first-order valence-electron chi connectivity index (χ1n) is 8.03. The molecule has 0 saturated heterocycles. The number of fused-ring (bicyclic) bond motifs is 2. The van der Waals surface area contributed by atoms with Crippen molar-refractivity contribution in [3.8, 4) is 11.1 Å². The molecule has 4 rings (SSSR count). The van der Waals surface area contributed by atoms with Crippen LogP contribution in [0.1, 0.15) is 6.42 Å². The Morgan fingerprint density at radius 3 is 2.81 bits per heavy atom. The first-order chi connectivity index (χ1) is 12.6. The lowest BCUT2D eigenvalue weighted by molar-refractivity contribution is -0.117. The molecule has 2 aromatic carbocycles. The number of amides is 1. The van der Waals surface area contributed by atoms with Gasteiger partial charge in [-0.15, -0.1) is 11.3 Å². The highest BCUT2D eigenvalue weighted by atomic mass is 32.2. The third-order valence-electron chi connectivity index (χ3n) is 4.07. The van der Waals surface area contributed by atoms with Gasteiger partial charge in [0.05, 0.1) is 5.39 Å². The van der Waals surface area contributed by atoms with Crippen molar-refractivity contribution >= 4 is 50.0 Å². The molecule has 2 heterocycles. The maximum absolute atomic E-state index is 12.6. The zero-order valence-electron chi connectivity index (χ0n) is 13.7. The summed E-state index contributed by atoms with van der Waals surface area (Å²) in [4.78, 5) is 31.5. The molecule has 2 aromatic heterocycles. The van der Waals surface area contributed by atoms with Gasteiger partial charge in [-0.1, -0.05) is 48.2 Å². The highest BCUT2D eigenvalue weighted by Gasteiger charge is 2.13. The molecule has 0 unspecified atom stereocenters. The predicted octanol–water partition coefficient (Wildman–Crippen LogP) is 3.77. The van der Waals surface area contributed by atoms with Gasteiger partial charge in [0, 0.05) is 23.1 Å². The lowest BCUT2D eigenvalue weighted by Gasteiger charge is -2.04. The molecule has 0 spiro atoms. The van der Waals surface area contributed by atoms with Crippen molar-refractivity contribution in [2.24, 2.45) is 5.73 Å². The van der Waals surface area contributed by atoms with Crippen LogP contribution in [0.5, 0.6) is 0 Å². The molecular weight excluding hydrogens is 366 g/mol. The SMILES string of the molecule is NC(=O)CCSc1nc2scc(-c3ccc4ccccc4c3)c2c(=O)[nH]1. The fourth-order valence-corrected chi connectivity index (χ4v) is 4.64. The van der Waals surface area contributed by atoms with Crippen LogP contribution in [0.2, 0.25) is 0 Å². The normalized spacial score (nSPS) is 11.2. The zero-order valence-corrected chi connectivity index (χ0v) is 15.3. The van der Waals surface area contributed by atoms with E-state index in [9.17, 15) is 9.59 Å². The number of hydrogen-bond acceptors (Lipinski definition) is 5. The Labute approximate surface area is 157 Å². The number of carbonyl (C=O) groups is 1. The smallest absolute Gasteiger partial charge is 0.260 e. The molecule has 4 aromatic rings. The van der Waals surface area contributed by atoms with Gasteiger partial charge in [-0.05, 0) is 22.4 Å². The van der Waals surface area contributed by atoms with Crippen LogP contribution in [0.3, 0.4) is 0 Å². The summed E-state index contributed by atoms with van der Waals surface area (Å²) in [7, 11) is 0. The molecule has 0 aliphatic heterocycles. The number of rotatable bonds is 5. The second-order valence-corrected chi connectivity index (χ2v) is 7.77. The number of H-pyrrole nitrogens is 1. The van der Waals surface area contributed by atoms with Crippen molar-refractivity contribution < 1.29 is 4.79 Å². The minimum Gasteiger partial charge on any atom is -0.370 e. The van der Waals surface area contributed by atoms with Crippen molar-refractivity contribution in [2.45, 2.75) is 11.6 Å². The minimum absolute atomic E-state index is 0.166. The zero-order chi connectivity index (χ0) is 18.1. The van der Waals surface area contributed by atoms with E-state index in [0.717, 1.165) is 21.9 Å². The summed E-state index contributed by atoms with van der Waals surface area (Å²) in [6.07, 6.45) is 0.249. The molecule has 7 heteroatoms. The average Bonchev–Trinajstić information content (AvgIpc) is 3.05. The maximum Gasteiger partial charge on any atom is 0.260 e. The molecule has 5 nitrogen and oxygen atoms in total. The van der Waals surface area contributed by atoms with E-state index >= 15 is 0 Å². The first-order valence-corrected chi connectivity index (χ1v) is 9.90. The van der Waals surface area contributed by atoms with Gasteiger partial charge in [-0.3, -0.25) is 9.59 Å². The third-order valence-corrected chi connectivity index (χ3v) is 5.82. The number of aromatic amines is 1. The van der Waals surface area contributed by atoms with Gasteiger partial charge >= 0.3 is 0 Å². The highest BCUT2D eigenvalue weighted by molar-refractivity contribution is 7.99. The number of thioether (sulfide) groups is 1. The van der Waals surface area contributed by atoms with Gasteiger partial charge in [0.15, 0.2) is 5.16 Å². The summed E-state index contributed by atoms with van der Waals surface area (Å²) in [5.74, 6) is 0.128. The van der Waals surface area contributed by atoms with Crippen LogP contribution >= 0.6 is 23.1 Å². The van der Waals surface area contributed by atoms with Gasteiger partial charge in [0.25, 0.3) is 5.56 Å².